The summed E-state index contributed by atoms with van der Waals surface area (Å²) >= 11 is 0. The molecule has 2 fully saturated rings. The van der Waals surface area contributed by atoms with Crippen molar-refractivity contribution in [2.24, 2.45) is 11.8 Å². The van der Waals surface area contributed by atoms with Crippen LogP contribution in [-0.2, 0) is 4.79 Å². The number of rotatable bonds is 2. The quantitative estimate of drug-likeness (QED) is 0.666. The molecule has 14 heavy (non-hydrogen) atoms. The lowest BCUT2D eigenvalue weighted by atomic mass is 10.1. The second-order valence-electron chi connectivity index (χ2n) is 4.48. The number of likely N-dealkylation sites (tertiary alicyclic amines) is 1. The van der Waals surface area contributed by atoms with E-state index in [0.717, 1.165) is 6.54 Å². The van der Waals surface area contributed by atoms with Gasteiger partial charge in [0.25, 0.3) is 0 Å². The lowest BCUT2D eigenvalue weighted by Gasteiger charge is -2.19. The van der Waals surface area contributed by atoms with Gasteiger partial charge >= 0.3 is 0 Å². The van der Waals surface area contributed by atoms with E-state index < -0.39 is 0 Å². The third-order valence-electron chi connectivity index (χ3n) is 3.35. The second kappa shape index (κ2) is 4.00. The molecule has 1 saturated heterocycles. The van der Waals surface area contributed by atoms with Gasteiger partial charge in [-0.2, -0.15) is 5.26 Å². The van der Waals surface area contributed by atoms with Crippen molar-refractivity contribution < 1.29 is 4.79 Å². The van der Waals surface area contributed by atoms with Crippen molar-refractivity contribution in [3.63, 3.8) is 0 Å². The molecule has 0 aromatic carbocycles. The van der Waals surface area contributed by atoms with Crippen molar-refractivity contribution in [3.8, 4) is 6.07 Å². The fourth-order valence-corrected chi connectivity index (χ4v) is 2.54. The highest BCUT2D eigenvalue weighted by molar-refractivity contribution is 5.79. The maximum Gasteiger partial charge on any atom is 0.224 e. The van der Waals surface area contributed by atoms with Crippen LogP contribution in [0.25, 0.3) is 0 Å². The predicted octanol–water partition coefficient (Wildman–Crippen LogP) is 1.55. The summed E-state index contributed by atoms with van der Waals surface area (Å²) < 4.78 is 0. The number of nitrogens with zero attached hydrogens (tertiary/aromatic N) is 2. The van der Waals surface area contributed by atoms with E-state index >= 15 is 0 Å². The first-order valence-corrected chi connectivity index (χ1v) is 5.47. The molecule has 3 heteroatoms. The zero-order chi connectivity index (χ0) is 9.97. The molecule has 0 aromatic heterocycles. The molecule has 3 nitrogen and oxygen atoms in total. The standard InChI is InChI=1S/C11H16N2O/c12-6-10-5-11(14)13(8-10)7-9-3-1-2-4-9/h9-10H,1-5,7-8H2. The molecule has 1 unspecified atom stereocenters. The Bertz CT molecular complexity index is 263. The molecule has 0 spiro atoms. The molecule has 0 radical (unpaired) electrons. The number of carbonyl (C=O) groups is 1. The first-order valence-electron chi connectivity index (χ1n) is 5.47. The first-order chi connectivity index (χ1) is 6.79. The topological polar surface area (TPSA) is 44.1 Å². The van der Waals surface area contributed by atoms with Crippen LogP contribution in [0.15, 0.2) is 0 Å². The van der Waals surface area contributed by atoms with Gasteiger partial charge in [0.2, 0.25) is 5.91 Å². The lowest BCUT2D eigenvalue weighted by molar-refractivity contribution is -0.128. The number of hydrogen-bond donors (Lipinski definition) is 0. The minimum absolute atomic E-state index is 0.0519. The van der Waals surface area contributed by atoms with E-state index in [0.29, 0.717) is 18.9 Å². The SMILES string of the molecule is N#CC1CC(=O)N(CC2CCCC2)C1. The first kappa shape index (κ1) is 9.51. The molecule has 1 saturated carbocycles. The van der Waals surface area contributed by atoms with Crippen LogP contribution in [0.1, 0.15) is 32.1 Å². The van der Waals surface area contributed by atoms with E-state index in [-0.39, 0.29) is 11.8 Å². The minimum Gasteiger partial charge on any atom is -0.341 e. The summed E-state index contributed by atoms with van der Waals surface area (Å²) in [4.78, 5) is 13.4. The van der Waals surface area contributed by atoms with Crippen LogP contribution >= 0.6 is 0 Å². The van der Waals surface area contributed by atoms with E-state index in [1.165, 1.54) is 25.7 Å². The molecule has 1 amide bonds. The smallest absolute Gasteiger partial charge is 0.224 e. The van der Waals surface area contributed by atoms with E-state index in [1.807, 2.05) is 4.90 Å². The van der Waals surface area contributed by atoms with Crippen LogP contribution in [0.3, 0.4) is 0 Å². The van der Waals surface area contributed by atoms with E-state index in [9.17, 15) is 4.79 Å². The highest BCUT2D eigenvalue weighted by Crippen LogP contribution is 2.27. The molecular formula is C11H16N2O. The van der Waals surface area contributed by atoms with Gasteiger partial charge in [0, 0.05) is 19.5 Å². The molecule has 0 bridgehead atoms. The molecule has 1 aliphatic heterocycles. The predicted molar refractivity (Wildman–Crippen MR) is 52.3 cm³/mol. The molecule has 1 heterocycles. The zero-order valence-corrected chi connectivity index (χ0v) is 8.41. The highest BCUT2D eigenvalue weighted by atomic mass is 16.2. The Hall–Kier alpha value is -1.04. The van der Waals surface area contributed by atoms with Gasteiger partial charge in [-0.3, -0.25) is 4.79 Å². The van der Waals surface area contributed by atoms with Crippen LogP contribution in [0, 0.1) is 23.2 Å². The molecule has 0 aromatic rings. The molecule has 2 aliphatic rings. The Morgan fingerprint density at radius 1 is 1.43 bits per heavy atom. The van der Waals surface area contributed by atoms with E-state index in [2.05, 4.69) is 6.07 Å². The Balaban J connectivity index is 1.86. The van der Waals surface area contributed by atoms with Crippen molar-refractivity contribution in [2.45, 2.75) is 32.1 Å². The second-order valence-corrected chi connectivity index (χ2v) is 4.48. The Morgan fingerprint density at radius 2 is 2.14 bits per heavy atom. The Kier molecular flexibility index (Phi) is 2.72. The molecule has 1 atom stereocenters. The summed E-state index contributed by atoms with van der Waals surface area (Å²) in [6.45, 7) is 1.57. The van der Waals surface area contributed by atoms with Gasteiger partial charge in [0.15, 0.2) is 0 Å². The van der Waals surface area contributed by atoms with Crippen LogP contribution in [0.5, 0.6) is 0 Å². The van der Waals surface area contributed by atoms with Crippen molar-refractivity contribution in [1.29, 1.82) is 5.26 Å². The van der Waals surface area contributed by atoms with Crippen LogP contribution in [0.4, 0.5) is 0 Å². The van der Waals surface area contributed by atoms with Crippen molar-refractivity contribution in [2.75, 3.05) is 13.1 Å². The van der Waals surface area contributed by atoms with Gasteiger partial charge in [0.05, 0.1) is 12.0 Å². The fraction of sp³-hybridized carbons (Fsp3) is 0.818. The van der Waals surface area contributed by atoms with Gasteiger partial charge in [-0.1, -0.05) is 12.8 Å². The Morgan fingerprint density at radius 3 is 2.71 bits per heavy atom. The van der Waals surface area contributed by atoms with Crippen molar-refractivity contribution >= 4 is 5.91 Å². The third kappa shape index (κ3) is 1.89. The summed E-state index contributed by atoms with van der Waals surface area (Å²) in [6.07, 6.45) is 5.61. The summed E-state index contributed by atoms with van der Waals surface area (Å²) in [7, 11) is 0. The van der Waals surface area contributed by atoms with E-state index in [1.54, 1.807) is 0 Å². The number of carbonyl (C=O) groups excluding carboxylic acids is 1. The maximum absolute atomic E-state index is 11.5. The normalized spacial score (nSPS) is 28.4. The van der Waals surface area contributed by atoms with E-state index in [4.69, 9.17) is 5.26 Å². The number of amides is 1. The van der Waals surface area contributed by atoms with Crippen molar-refractivity contribution in [3.05, 3.63) is 0 Å². The summed E-state index contributed by atoms with van der Waals surface area (Å²) in [5.74, 6) is 0.837. The fourth-order valence-electron chi connectivity index (χ4n) is 2.54. The van der Waals surface area contributed by atoms with Gasteiger partial charge in [0.1, 0.15) is 0 Å². The number of nitriles is 1. The van der Waals surface area contributed by atoms with Gasteiger partial charge in [-0.25, -0.2) is 0 Å². The monoisotopic (exact) mass is 192 g/mol. The third-order valence-corrected chi connectivity index (χ3v) is 3.35. The van der Waals surface area contributed by atoms with Crippen LogP contribution in [0.2, 0.25) is 0 Å². The van der Waals surface area contributed by atoms with Crippen molar-refractivity contribution in [1.82, 2.24) is 4.90 Å². The average Bonchev–Trinajstić information content (AvgIpc) is 2.78. The van der Waals surface area contributed by atoms with Gasteiger partial charge in [-0.15, -0.1) is 0 Å². The highest BCUT2D eigenvalue weighted by Gasteiger charge is 2.31. The molecule has 76 valence electrons. The summed E-state index contributed by atoms with van der Waals surface area (Å²) in [5.41, 5.74) is 0. The largest absolute Gasteiger partial charge is 0.341 e. The van der Waals surface area contributed by atoms with Crippen LogP contribution < -0.4 is 0 Å². The maximum atomic E-state index is 11.5. The minimum atomic E-state index is -0.0519. The molecular weight excluding hydrogens is 176 g/mol. The zero-order valence-electron chi connectivity index (χ0n) is 8.41. The number of hydrogen-bond acceptors (Lipinski definition) is 2. The lowest BCUT2D eigenvalue weighted by Crippen LogP contribution is -2.30. The average molecular weight is 192 g/mol. The molecule has 0 N–H and O–H groups in total. The molecule has 2 rings (SSSR count). The molecule has 1 aliphatic carbocycles. The van der Waals surface area contributed by atoms with Crippen LogP contribution in [-0.4, -0.2) is 23.9 Å². The summed E-state index contributed by atoms with van der Waals surface area (Å²) in [6, 6.07) is 2.19. The van der Waals surface area contributed by atoms with Gasteiger partial charge in [-0.05, 0) is 18.8 Å². The van der Waals surface area contributed by atoms with Gasteiger partial charge < -0.3 is 4.90 Å². The Labute approximate surface area is 84.7 Å². The summed E-state index contributed by atoms with van der Waals surface area (Å²) in [5, 5.41) is 8.73.